The van der Waals surface area contributed by atoms with Crippen molar-refractivity contribution < 1.29 is 19.5 Å². The minimum Gasteiger partial charge on any atom is -0.480 e. The molecule has 1 atom stereocenters. The molecule has 1 rings (SSSR count). The Labute approximate surface area is 113 Å². The number of aromatic nitrogens is 2. The minimum absolute atomic E-state index is 0.113. The molecule has 0 aliphatic carbocycles. The van der Waals surface area contributed by atoms with Gasteiger partial charge in [-0.1, -0.05) is 0 Å². The van der Waals surface area contributed by atoms with Crippen molar-refractivity contribution in [2.45, 2.75) is 25.4 Å². The molecule has 108 valence electrons. The van der Waals surface area contributed by atoms with Crippen LogP contribution in [0, 0.1) is 0 Å². The fraction of sp³-hybridized carbons (Fsp3) is 0.364. The van der Waals surface area contributed by atoms with Gasteiger partial charge in [0.2, 0.25) is 11.8 Å². The summed E-state index contributed by atoms with van der Waals surface area (Å²) in [5.41, 5.74) is 4.30. The number of rotatable bonds is 7. The van der Waals surface area contributed by atoms with Crippen LogP contribution in [0.3, 0.4) is 0 Å². The number of carboxylic acids is 1. The maximum Gasteiger partial charge on any atom is 0.347 e. The summed E-state index contributed by atoms with van der Waals surface area (Å²) in [7, 11) is 0. The number of carboxylic acid groups (broad SMARTS) is 1. The number of hydrogen-bond acceptors (Lipinski definition) is 5. The highest BCUT2D eigenvalue weighted by molar-refractivity contribution is 5.84. The van der Waals surface area contributed by atoms with Gasteiger partial charge in [-0.05, 0) is 12.5 Å². The lowest BCUT2D eigenvalue weighted by atomic mass is 10.1. The fourth-order valence-electron chi connectivity index (χ4n) is 1.45. The standard InChI is InChI=1S/C11H14N4O5/c12-8(16)3-2-7(10(18)19)14-9(17)6-15-5-1-4-13-11(15)20/h1,4-5,7H,2-3,6H2,(H2,12,16)(H,14,17)(H,18,19)/t7-/m0/s1. The quantitative estimate of drug-likeness (QED) is 0.531. The van der Waals surface area contributed by atoms with Crippen molar-refractivity contribution in [1.29, 1.82) is 0 Å². The maximum absolute atomic E-state index is 11.6. The molecule has 1 aromatic rings. The third-order valence-corrected chi connectivity index (χ3v) is 2.41. The van der Waals surface area contributed by atoms with Crippen molar-refractivity contribution in [2.75, 3.05) is 0 Å². The van der Waals surface area contributed by atoms with E-state index >= 15 is 0 Å². The minimum atomic E-state index is -1.28. The molecule has 0 aromatic carbocycles. The summed E-state index contributed by atoms with van der Waals surface area (Å²) in [5, 5.41) is 11.1. The number of nitrogens with one attached hydrogen (secondary N) is 1. The van der Waals surface area contributed by atoms with Crippen LogP contribution in [-0.2, 0) is 20.9 Å². The number of nitrogens with zero attached hydrogens (tertiary/aromatic N) is 2. The van der Waals surface area contributed by atoms with Crippen LogP contribution in [0.15, 0.2) is 23.3 Å². The van der Waals surface area contributed by atoms with Crippen LogP contribution in [0.2, 0.25) is 0 Å². The van der Waals surface area contributed by atoms with E-state index < -0.39 is 29.5 Å². The van der Waals surface area contributed by atoms with E-state index in [0.717, 1.165) is 4.57 Å². The zero-order chi connectivity index (χ0) is 15.1. The van der Waals surface area contributed by atoms with Crippen LogP contribution in [-0.4, -0.2) is 38.5 Å². The number of primary amides is 1. The highest BCUT2D eigenvalue weighted by Crippen LogP contribution is 1.97. The summed E-state index contributed by atoms with van der Waals surface area (Å²) in [6.45, 7) is -0.354. The van der Waals surface area contributed by atoms with Crippen molar-refractivity contribution in [3.05, 3.63) is 28.9 Å². The summed E-state index contributed by atoms with van der Waals surface area (Å²) in [5.74, 6) is -2.61. The molecule has 9 nitrogen and oxygen atoms in total. The van der Waals surface area contributed by atoms with Gasteiger partial charge in [-0.25, -0.2) is 14.6 Å². The number of hydrogen-bond donors (Lipinski definition) is 3. The maximum atomic E-state index is 11.6. The molecule has 1 heterocycles. The SMILES string of the molecule is NC(=O)CC[C@H](NC(=O)Cn1cccnc1=O)C(=O)O. The molecule has 4 N–H and O–H groups in total. The van der Waals surface area contributed by atoms with Crippen LogP contribution in [0.5, 0.6) is 0 Å². The topological polar surface area (TPSA) is 144 Å². The fourth-order valence-corrected chi connectivity index (χ4v) is 1.45. The third kappa shape index (κ3) is 4.88. The Morgan fingerprint density at radius 1 is 1.45 bits per heavy atom. The molecule has 0 aliphatic rings. The Hall–Kier alpha value is -2.71. The van der Waals surface area contributed by atoms with Crippen LogP contribution in [0.4, 0.5) is 0 Å². The van der Waals surface area contributed by atoms with Crippen molar-refractivity contribution >= 4 is 17.8 Å². The van der Waals surface area contributed by atoms with Gasteiger partial charge in [0, 0.05) is 18.8 Å². The molecule has 2 amide bonds. The van der Waals surface area contributed by atoms with Gasteiger partial charge < -0.3 is 16.2 Å². The van der Waals surface area contributed by atoms with Crippen molar-refractivity contribution in [1.82, 2.24) is 14.9 Å². The Bertz CT molecular complexity index is 568. The first-order valence-electron chi connectivity index (χ1n) is 5.72. The van der Waals surface area contributed by atoms with Crippen molar-refractivity contribution in [3.8, 4) is 0 Å². The molecule has 20 heavy (non-hydrogen) atoms. The lowest BCUT2D eigenvalue weighted by molar-refractivity contribution is -0.142. The van der Waals surface area contributed by atoms with Crippen LogP contribution < -0.4 is 16.7 Å². The second kappa shape index (κ2) is 7.02. The molecule has 0 aliphatic heterocycles. The average molecular weight is 282 g/mol. The highest BCUT2D eigenvalue weighted by atomic mass is 16.4. The van der Waals surface area contributed by atoms with E-state index in [2.05, 4.69) is 10.3 Å². The molecular formula is C11H14N4O5. The lowest BCUT2D eigenvalue weighted by Crippen LogP contribution is -2.43. The normalized spacial score (nSPS) is 11.6. The Balaban J connectivity index is 2.63. The molecule has 0 spiro atoms. The zero-order valence-electron chi connectivity index (χ0n) is 10.5. The molecule has 0 bridgehead atoms. The van der Waals surface area contributed by atoms with E-state index in [1.54, 1.807) is 0 Å². The molecule has 0 fully saturated rings. The summed E-state index contributed by atoms with van der Waals surface area (Å²) >= 11 is 0. The lowest BCUT2D eigenvalue weighted by Gasteiger charge is -2.14. The average Bonchev–Trinajstić information content (AvgIpc) is 2.36. The van der Waals surface area contributed by atoms with Crippen LogP contribution in [0.1, 0.15) is 12.8 Å². The molecule has 0 saturated heterocycles. The molecule has 0 saturated carbocycles. The summed E-state index contributed by atoms with van der Waals surface area (Å²) in [6.07, 6.45) is 2.36. The number of carbonyl (C=O) groups is 3. The Morgan fingerprint density at radius 2 is 2.15 bits per heavy atom. The highest BCUT2D eigenvalue weighted by Gasteiger charge is 2.20. The smallest absolute Gasteiger partial charge is 0.347 e. The van der Waals surface area contributed by atoms with E-state index in [4.69, 9.17) is 10.8 Å². The van der Waals surface area contributed by atoms with Gasteiger partial charge in [0.05, 0.1) is 0 Å². The number of nitrogens with two attached hydrogens (primary N) is 1. The van der Waals surface area contributed by atoms with Crippen molar-refractivity contribution in [2.24, 2.45) is 5.73 Å². The predicted octanol–water partition coefficient (Wildman–Crippen LogP) is -1.92. The van der Waals surface area contributed by atoms with Gasteiger partial charge in [0.15, 0.2) is 0 Å². The largest absolute Gasteiger partial charge is 0.480 e. The van der Waals surface area contributed by atoms with Crippen molar-refractivity contribution in [3.63, 3.8) is 0 Å². The van der Waals surface area contributed by atoms with Gasteiger partial charge >= 0.3 is 11.7 Å². The first kappa shape index (κ1) is 15.3. The summed E-state index contributed by atoms with van der Waals surface area (Å²) in [4.78, 5) is 47.9. The zero-order valence-corrected chi connectivity index (χ0v) is 10.5. The van der Waals surface area contributed by atoms with E-state index in [1.807, 2.05) is 0 Å². The third-order valence-electron chi connectivity index (χ3n) is 2.41. The van der Waals surface area contributed by atoms with Gasteiger partial charge in [-0.15, -0.1) is 0 Å². The molecule has 0 unspecified atom stereocenters. The summed E-state index contributed by atoms with van der Waals surface area (Å²) in [6, 6.07) is 0.235. The molecule has 0 radical (unpaired) electrons. The van der Waals surface area contributed by atoms with Gasteiger partial charge in [-0.3, -0.25) is 14.2 Å². The van der Waals surface area contributed by atoms with E-state index in [-0.39, 0.29) is 19.4 Å². The number of carbonyl (C=O) groups excluding carboxylic acids is 2. The number of aliphatic carboxylic acids is 1. The van der Waals surface area contributed by atoms with Crippen LogP contribution >= 0.6 is 0 Å². The van der Waals surface area contributed by atoms with E-state index in [0.29, 0.717) is 0 Å². The van der Waals surface area contributed by atoms with Gasteiger partial charge in [-0.2, -0.15) is 0 Å². The predicted molar refractivity (Wildman–Crippen MR) is 66.5 cm³/mol. The molecule has 1 aromatic heterocycles. The first-order valence-corrected chi connectivity index (χ1v) is 5.72. The summed E-state index contributed by atoms with van der Waals surface area (Å²) < 4.78 is 1.03. The second-order valence-electron chi connectivity index (χ2n) is 3.99. The molecule has 9 heteroatoms. The van der Waals surface area contributed by atoms with Crippen LogP contribution in [0.25, 0.3) is 0 Å². The van der Waals surface area contributed by atoms with Gasteiger partial charge in [0.25, 0.3) is 0 Å². The Morgan fingerprint density at radius 3 is 2.70 bits per heavy atom. The van der Waals surface area contributed by atoms with E-state index in [1.165, 1.54) is 18.5 Å². The number of amides is 2. The monoisotopic (exact) mass is 282 g/mol. The molecular weight excluding hydrogens is 268 g/mol. The van der Waals surface area contributed by atoms with Gasteiger partial charge in [0.1, 0.15) is 12.6 Å². The van der Waals surface area contributed by atoms with E-state index in [9.17, 15) is 19.2 Å². The Kier molecular flexibility index (Phi) is 5.39. The first-order chi connectivity index (χ1) is 9.40. The second-order valence-corrected chi connectivity index (χ2v) is 3.99.